The molecular weight excluding hydrogens is 362 g/mol. The average molecular weight is 381 g/mol. The van der Waals surface area contributed by atoms with Crippen LogP contribution in [0.1, 0.15) is 22.5 Å². The summed E-state index contributed by atoms with van der Waals surface area (Å²) in [4.78, 5) is 24.4. The molecule has 0 unspecified atom stereocenters. The maximum absolute atomic E-state index is 12.3. The van der Waals surface area contributed by atoms with Crippen LogP contribution >= 0.6 is 0 Å². The molecule has 0 bridgehead atoms. The first kappa shape index (κ1) is 17.9. The Kier molecular flexibility index (Phi) is 4.89. The molecule has 1 aromatic heterocycles. The molecule has 2 heterocycles. The lowest BCUT2D eigenvalue weighted by molar-refractivity contribution is -0.119. The highest BCUT2D eigenvalue weighted by molar-refractivity contribution is 5.98. The third-order valence-corrected chi connectivity index (χ3v) is 4.39. The van der Waals surface area contributed by atoms with Gasteiger partial charge < -0.3 is 23.9 Å². The minimum Gasteiger partial charge on any atom is -0.490 e. The number of hydrogen-bond acceptors (Lipinski definition) is 6. The second-order valence-electron chi connectivity index (χ2n) is 6.39. The molecule has 3 aromatic rings. The molecule has 28 heavy (non-hydrogen) atoms. The highest BCUT2D eigenvalue weighted by atomic mass is 16.5. The molecule has 0 spiro atoms. The lowest BCUT2D eigenvalue weighted by atomic mass is 10.1. The van der Waals surface area contributed by atoms with Gasteiger partial charge in [0.2, 0.25) is 5.76 Å². The summed E-state index contributed by atoms with van der Waals surface area (Å²) in [5, 5.41) is 3.52. The van der Waals surface area contributed by atoms with Crippen LogP contribution in [-0.2, 0) is 9.53 Å². The Bertz CT molecular complexity index is 1040. The molecule has 0 saturated carbocycles. The van der Waals surface area contributed by atoms with E-state index in [4.69, 9.17) is 18.6 Å². The molecule has 4 rings (SSSR count). The van der Waals surface area contributed by atoms with Crippen LogP contribution in [0.2, 0.25) is 0 Å². The first-order chi connectivity index (χ1) is 13.6. The van der Waals surface area contributed by atoms with Crippen LogP contribution in [0.5, 0.6) is 11.5 Å². The molecule has 1 aliphatic heterocycles. The van der Waals surface area contributed by atoms with Gasteiger partial charge in [-0.1, -0.05) is 18.2 Å². The van der Waals surface area contributed by atoms with Gasteiger partial charge >= 0.3 is 5.97 Å². The smallest absolute Gasteiger partial charge is 0.375 e. The largest absolute Gasteiger partial charge is 0.490 e. The van der Waals surface area contributed by atoms with Gasteiger partial charge in [-0.2, -0.15) is 0 Å². The molecule has 0 aliphatic carbocycles. The molecule has 0 radical (unpaired) electrons. The zero-order valence-electron chi connectivity index (χ0n) is 15.3. The number of furan rings is 1. The number of carbonyl (C=O) groups is 2. The summed E-state index contributed by atoms with van der Waals surface area (Å²) >= 11 is 0. The number of fused-ring (bicyclic) bond motifs is 2. The second-order valence-corrected chi connectivity index (χ2v) is 6.39. The Morgan fingerprint density at radius 2 is 1.86 bits per heavy atom. The molecule has 0 fully saturated rings. The van der Waals surface area contributed by atoms with Crippen LogP contribution in [0.25, 0.3) is 11.0 Å². The number of anilines is 1. The number of carbonyl (C=O) groups excluding carboxylic acids is 2. The zero-order valence-corrected chi connectivity index (χ0v) is 15.3. The van der Waals surface area contributed by atoms with Gasteiger partial charge in [-0.25, -0.2) is 4.79 Å². The number of para-hydroxylation sites is 1. The van der Waals surface area contributed by atoms with Crippen LogP contribution in [-0.4, -0.2) is 31.7 Å². The summed E-state index contributed by atoms with van der Waals surface area (Å²) < 4.78 is 21.8. The van der Waals surface area contributed by atoms with Crippen LogP contribution in [0.3, 0.4) is 0 Å². The quantitative estimate of drug-likeness (QED) is 0.694. The number of hydrogen-bond donors (Lipinski definition) is 1. The third-order valence-electron chi connectivity index (χ3n) is 4.39. The van der Waals surface area contributed by atoms with Gasteiger partial charge in [-0.05, 0) is 25.1 Å². The minimum atomic E-state index is -0.678. The van der Waals surface area contributed by atoms with E-state index in [1.54, 1.807) is 31.2 Å². The van der Waals surface area contributed by atoms with Crippen molar-refractivity contribution in [2.24, 2.45) is 0 Å². The highest BCUT2D eigenvalue weighted by Gasteiger charge is 2.20. The van der Waals surface area contributed by atoms with E-state index in [0.717, 1.165) is 11.8 Å². The molecule has 1 amide bonds. The number of nitrogens with one attached hydrogen (secondary N) is 1. The zero-order chi connectivity index (χ0) is 19.5. The van der Waals surface area contributed by atoms with Crippen molar-refractivity contribution in [2.75, 3.05) is 25.1 Å². The van der Waals surface area contributed by atoms with Crippen molar-refractivity contribution in [3.8, 4) is 11.5 Å². The Morgan fingerprint density at radius 1 is 1.07 bits per heavy atom. The predicted molar refractivity (Wildman–Crippen MR) is 102 cm³/mol. The van der Waals surface area contributed by atoms with Gasteiger partial charge in [0.15, 0.2) is 18.1 Å². The third kappa shape index (κ3) is 3.64. The summed E-state index contributed by atoms with van der Waals surface area (Å²) in [7, 11) is 0. The van der Waals surface area contributed by atoms with Crippen LogP contribution in [0.15, 0.2) is 46.9 Å². The molecule has 0 saturated heterocycles. The fraction of sp³-hybridized carbons (Fsp3) is 0.238. The summed E-state index contributed by atoms with van der Waals surface area (Å²) in [6.07, 6.45) is 0.799. The van der Waals surface area contributed by atoms with E-state index in [-0.39, 0.29) is 5.76 Å². The van der Waals surface area contributed by atoms with E-state index in [0.29, 0.717) is 41.5 Å². The summed E-state index contributed by atoms with van der Waals surface area (Å²) in [5.41, 5.74) is 1.82. The van der Waals surface area contributed by atoms with E-state index in [2.05, 4.69) is 5.32 Å². The standard InChI is InChI=1S/C21H19NO6/c1-13-15-5-2-3-6-16(15)28-20(13)21(24)27-12-19(23)22-14-7-8-17-18(11-14)26-10-4-9-25-17/h2-3,5-8,11H,4,9-10,12H2,1H3,(H,22,23). The maximum Gasteiger partial charge on any atom is 0.375 e. The van der Waals surface area contributed by atoms with Gasteiger partial charge in [-0.15, -0.1) is 0 Å². The Hall–Kier alpha value is -3.48. The topological polar surface area (TPSA) is 87.0 Å². The van der Waals surface area contributed by atoms with Crippen LogP contribution in [0, 0.1) is 6.92 Å². The van der Waals surface area contributed by atoms with Crippen LogP contribution in [0.4, 0.5) is 5.69 Å². The first-order valence-corrected chi connectivity index (χ1v) is 8.96. The average Bonchev–Trinajstić information content (AvgIpc) is 2.88. The Balaban J connectivity index is 1.38. The number of aryl methyl sites for hydroxylation is 1. The second kappa shape index (κ2) is 7.64. The normalized spacial score (nSPS) is 13.0. The number of esters is 1. The fourth-order valence-electron chi connectivity index (χ4n) is 3.00. The summed E-state index contributed by atoms with van der Waals surface area (Å²) in [6, 6.07) is 12.4. The monoisotopic (exact) mass is 381 g/mol. The molecule has 7 nitrogen and oxygen atoms in total. The van der Waals surface area contributed by atoms with Gasteiger partial charge in [0.05, 0.1) is 13.2 Å². The van der Waals surface area contributed by atoms with E-state index >= 15 is 0 Å². The predicted octanol–water partition coefficient (Wildman–Crippen LogP) is 3.70. The fourth-order valence-corrected chi connectivity index (χ4v) is 3.00. The lowest BCUT2D eigenvalue weighted by Crippen LogP contribution is -2.21. The van der Waals surface area contributed by atoms with Crippen molar-refractivity contribution in [3.05, 3.63) is 53.8 Å². The van der Waals surface area contributed by atoms with Crippen molar-refractivity contribution in [1.82, 2.24) is 0 Å². The van der Waals surface area contributed by atoms with Crippen molar-refractivity contribution < 1.29 is 28.2 Å². The number of ether oxygens (including phenoxy) is 3. The molecule has 1 aliphatic rings. The number of benzene rings is 2. The van der Waals surface area contributed by atoms with Gasteiger partial charge in [0.25, 0.3) is 5.91 Å². The van der Waals surface area contributed by atoms with Crippen molar-refractivity contribution >= 4 is 28.5 Å². The number of amides is 1. The van der Waals surface area contributed by atoms with E-state index in [1.165, 1.54) is 0 Å². The molecular formula is C21H19NO6. The van der Waals surface area contributed by atoms with E-state index < -0.39 is 18.5 Å². The van der Waals surface area contributed by atoms with E-state index in [1.807, 2.05) is 18.2 Å². The summed E-state index contributed by atoms with van der Waals surface area (Å²) in [6.45, 7) is 2.50. The summed E-state index contributed by atoms with van der Waals surface area (Å²) in [5.74, 6) is 0.177. The number of rotatable bonds is 4. The van der Waals surface area contributed by atoms with Gasteiger partial charge in [-0.3, -0.25) is 4.79 Å². The van der Waals surface area contributed by atoms with Crippen molar-refractivity contribution in [2.45, 2.75) is 13.3 Å². The Morgan fingerprint density at radius 3 is 2.68 bits per heavy atom. The maximum atomic E-state index is 12.3. The van der Waals surface area contributed by atoms with Crippen molar-refractivity contribution in [1.29, 1.82) is 0 Å². The molecule has 144 valence electrons. The first-order valence-electron chi connectivity index (χ1n) is 8.96. The van der Waals surface area contributed by atoms with Gasteiger partial charge in [0.1, 0.15) is 5.58 Å². The molecule has 7 heteroatoms. The molecule has 0 atom stereocenters. The van der Waals surface area contributed by atoms with E-state index in [9.17, 15) is 9.59 Å². The lowest BCUT2D eigenvalue weighted by Gasteiger charge is -2.10. The SMILES string of the molecule is Cc1c(C(=O)OCC(=O)Nc2ccc3c(c2)OCCCO3)oc2ccccc12. The minimum absolute atomic E-state index is 0.101. The van der Waals surface area contributed by atoms with Gasteiger partial charge in [0, 0.05) is 29.1 Å². The molecule has 1 N–H and O–H groups in total. The molecule has 2 aromatic carbocycles. The van der Waals surface area contributed by atoms with Crippen molar-refractivity contribution in [3.63, 3.8) is 0 Å². The highest BCUT2D eigenvalue weighted by Crippen LogP contribution is 2.32. The Labute approximate surface area is 161 Å². The van der Waals surface area contributed by atoms with Crippen LogP contribution < -0.4 is 14.8 Å².